The minimum atomic E-state index is -0.932. The van der Waals surface area contributed by atoms with Crippen LogP contribution in [0.25, 0.3) is 0 Å². The van der Waals surface area contributed by atoms with Crippen LogP contribution in [0.1, 0.15) is 44.9 Å². The molecule has 14 heteroatoms. The zero-order chi connectivity index (χ0) is 25.8. The first-order chi connectivity index (χ1) is 16.2. The average Bonchev–Trinajstić information content (AvgIpc) is 2.78. The molecule has 0 bridgehead atoms. The predicted octanol–water partition coefficient (Wildman–Crippen LogP) is -1.54. The molecule has 0 aromatic rings. The van der Waals surface area contributed by atoms with Gasteiger partial charge in [-0.15, -0.1) is 0 Å². The second-order valence-corrected chi connectivity index (χ2v) is 7.92. The van der Waals surface area contributed by atoms with Gasteiger partial charge in [0.15, 0.2) is 5.96 Å². The maximum absolute atomic E-state index is 12.6. The molecule has 0 rings (SSSR count). The molecule has 0 aromatic heterocycles. The minimum absolute atomic E-state index is 0.0118. The monoisotopic (exact) mass is 489 g/mol. The number of nitrogens with zero attached hydrogens (tertiary/aromatic N) is 1. The molecule has 0 saturated heterocycles. The zero-order valence-corrected chi connectivity index (χ0v) is 19.9. The highest BCUT2D eigenvalue weighted by atomic mass is 16.6. The molecule has 34 heavy (non-hydrogen) atoms. The lowest BCUT2D eigenvalue weighted by molar-refractivity contribution is -0.123. The van der Waals surface area contributed by atoms with Gasteiger partial charge in [0.25, 0.3) is 0 Å². The number of carbonyl (C=O) groups excluding carboxylic acids is 3. The summed E-state index contributed by atoms with van der Waals surface area (Å²) in [6.07, 6.45) is 2.94. The fourth-order valence-electron chi connectivity index (χ4n) is 2.98. The lowest BCUT2D eigenvalue weighted by Crippen LogP contribution is -2.47. The number of nitrogens with one attached hydrogen (secondary N) is 3. The van der Waals surface area contributed by atoms with Crippen molar-refractivity contribution in [2.24, 2.45) is 28.7 Å². The minimum Gasteiger partial charge on any atom is -0.448 e. The molecule has 0 radical (unpaired) electrons. The first kappa shape index (κ1) is 31.2. The summed E-state index contributed by atoms with van der Waals surface area (Å²) in [6.45, 7) is 1.43. The molecule has 0 spiro atoms. The van der Waals surface area contributed by atoms with Gasteiger partial charge in [-0.1, -0.05) is 6.42 Å². The van der Waals surface area contributed by atoms with Gasteiger partial charge in [-0.25, -0.2) is 9.59 Å². The van der Waals surface area contributed by atoms with Crippen LogP contribution in [0.4, 0.5) is 9.59 Å². The van der Waals surface area contributed by atoms with Crippen molar-refractivity contribution in [3.05, 3.63) is 0 Å². The Morgan fingerprint density at radius 1 is 0.912 bits per heavy atom. The highest BCUT2D eigenvalue weighted by molar-refractivity contribution is 5.82. The fraction of sp³-hybridized carbons (Fsp3) is 0.800. The van der Waals surface area contributed by atoms with Crippen LogP contribution in [0.15, 0.2) is 0 Å². The molecule has 14 nitrogen and oxygen atoms in total. The van der Waals surface area contributed by atoms with E-state index in [0.717, 1.165) is 12.8 Å². The fourth-order valence-corrected chi connectivity index (χ4v) is 2.98. The molecule has 3 amide bonds. The van der Waals surface area contributed by atoms with E-state index in [1.54, 1.807) is 0 Å². The van der Waals surface area contributed by atoms with E-state index in [1.165, 1.54) is 4.90 Å². The van der Waals surface area contributed by atoms with Crippen molar-refractivity contribution in [2.75, 3.05) is 45.9 Å². The van der Waals surface area contributed by atoms with Crippen molar-refractivity contribution in [3.63, 3.8) is 0 Å². The molecule has 0 saturated carbocycles. The Kier molecular flexibility index (Phi) is 18.0. The third-order valence-electron chi connectivity index (χ3n) is 4.76. The third-order valence-corrected chi connectivity index (χ3v) is 4.76. The normalized spacial score (nSPS) is 12.3. The van der Waals surface area contributed by atoms with Crippen molar-refractivity contribution in [3.8, 4) is 0 Å². The highest BCUT2D eigenvalue weighted by Gasteiger charge is 2.21. The van der Waals surface area contributed by atoms with Gasteiger partial charge in [0, 0.05) is 19.1 Å². The zero-order valence-electron chi connectivity index (χ0n) is 19.9. The number of carbonyl (C=O) groups is 3. The van der Waals surface area contributed by atoms with Gasteiger partial charge in [-0.2, -0.15) is 0 Å². The summed E-state index contributed by atoms with van der Waals surface area (Å²) in [7, 11) is 0. The molecule has 0 aliphatic heterocycles. The van der Waals surface area contributed by atoms with Gasteiger partial charge in [-0.3, -0.25) is 15.1 Å². The first-order valence-electron chi connectivity index (χ1n) is 11.6. The Labute approximate surface area is 201 Å². The van der Waals surface area contributed by atoms with E-state index in [0.29, 0.717) is 51.7 Å². The molecular formula is C20H43N9O5. The number of nitrogens with two attached hydrogens (primary N) is 5. The van der Waals surface area contributed by atoms with Crippen LogP contribution in [-0.4, -0.2) is 87.0 Å². The van der Waals surface area contributed by atoms with Gasteiger partial charge >= 0.3 is 12.2 Å². The molecule has 0 heterocycles. The number of rotatable bonds is 19. The van der Waals surface area contributed by atoms with Crippen molar-refractivity contribution in [1.82, 2.24) is 15.5 Å². The molecular weight excluding hydrogens is 446 g/mol. The van der Waals surface area contributed by atoms with E-state index in [2.05, 4.69) is 10.6 Å². The van der Waals surface area contributed by atoms with Crippen molar-refractivity contribution < 1.29 is 23.9 Å². The van der Waals surface area contributed by atoms with Crippen LogP contribution in [0.3, 0.4) is 0 Å². The summed E-state index contributed by atoms with van der Waals surface area (Å²) in [6, 6.07) is -0.846. The first-order valence-corrected chi connectivity index (χ1v) is 11.6. The summed E-state index contributed by atoms with van der Waals surface area (Å²) < 4.78 is 10.1. The molecule has 13 N–H and O–H groups in total. The average molecular weight is 490 g/mol. The van der Waals surface area contributed by atoms with E-state index in [1.807, 2.05) is 0 Å². The van der Waals surface area contributed by atoms with Gasteiger partial charge < -0.3 is 48.8 Å². The van der Waals surface area contributed by atoms with E-state index in [-0.39, 0.29) is 32.3 Å². The lowest BCUT2D eigenvalue weighted by atomic mass is 10.1. The molecule has 2 unspecified atom stereocenters. The summed E-state index contributed by atoms with van der Waals surface area (Å²) in [4.78, 5) is 37.4. The number of amides is 3. The van der Waals surface area contributed by atoms with E-state index in [9.17, 15) is 14.4 Å². The Hall–Kier alpha value is -2.84. The van der Waals surface area contributed by atoms with Gasteiger partial charge in [0.05, 0.1) is 6.04 Å². The summed E-state index contributed by atoms with van der Waals surface area (Å²) in [5, 5.41) is 12.5. The number of ether oxygens (including phenoxy) is 2. The van der Waals surface area contributed by atoms with E-state index < -0.39 is 30.2 Å². The predicted molar refractivity (Wildman–Crippen MR) is 129 cm³/mol. The van der Waals surface area contributed by atoms with Gasteiger partial charge in [-0.05, 0) is 51.6 Å². The summed E-state index contributed by atoms with van der Waals surface area (Å²) in [5.41, 5.74) is 27.3. The van der Waals surface area contributed by atoms with Crippen LogP contribution in [0.5, 0.6) is 0 Å². The maximum Gasteiger partial charge on any atom is 0.410 e. The number of guanidine groups is 1. The van der Waals surface area contributed by atoms with Crippen molar-refractivity contribution in [1.29, 1.82) is 5.41 Å². The lowest BCUT2D eigenvalue weighted by Gasteiger charge is -2.24. The quantitative estimate of drug-likeness (QED) is 0.0589. The van der Waals surface area contributed by atoms with Gasteiger partial charge in [0.2, 0.25) is 5.91 Å². The van der Waals surface area contributed by atoms with Crippen molar-refractivity contribution >= 4 is 24.1 Å². The van der Waals surface area contributed by atoms with E-state index >= 15 is 0 Å². The molecule has 198 valence electrons. The van der Waals surface area contributed by atoms with Crippen LogP contribution in [0, 0.1) is 5.41 Å². The molecule has 0 fully saturated rings. The van der Waals surface area contributed by atoms with Crippen LogP contribution < -0.4 is 39.3 Å². The van der Waals surface area contributed by atoms with Crippen LogP contribution >= 0.6 is 0 Å². The highest BCUT2D eigenvalue weighted by Crippen LogP contribution is 2.04. The molecule has 0 aliphatic carbocycles. The third kappa shape index (κ3) is 17.7. The Morgan fingerprint density at radius 3 is 2.21 bits per heavy atom. The second-order valence-electron chi connectivity index (χ2n) is 7.92. The SMILES string of the molecule is N=C(N)NCCCC(N)COC(=O)N(CCCCN)CC(=O)NC(CCCCN)COC(N)=O. The molecule has 0 aliphatic rings. The largest absolute Gasteiger partial charge is 0.448 e. The van der Waals surface area contributed by atoms with Crippen molar-refractivity contribution in [2.45, 2.75) is 57.0 Å². The second kappa shape index (κ2) is 19.6. The maximum atomic E-state index is 12.6. The Morgan fingerprint density at radius 2 is 1.59 bits per heavy atom. The summed E-state index contributed by atoms with van der Waals surface area (Å²) in [5.74, 6) is -0.538. The molecule has 2 atom stereocenters. The van der Waals surface area contributed by atoms with Crippen LogP contribution in [0.2, 0.25) is 0 Å². The van der Waals surface area contributed by atoms with E-state index in [4.69, 9.17) is 43.6 Å². The van der Waals surface area contributed by atoms with Gasteiger partial charge in [0.1, 0.15) is 19.8 Å². The smallest absolute Gasteiger partial charge is 0.410 e. The number of primary amides is 1. The topological polar surface area (TPSA) is 251 Å². The summed E-state index contributed by atoms with van der Waals surface area (Å²) >= 11 is 0. The number of unbranched alkanes of at least 4 members (excludes halogenated alkanes) is 2. The standard InChI is InChI=1S/C20H43N9O5/c21-8-2-1-7-16(14-33-19(26)31)28-17(30)12-29(11-4-3-9-22)20(32)34-13-15(23)6-5-10-27-18(24)25/h15-16H,1-14,21-23H2,(H2,26,31)(H,28,30)(H4,24,25,27). The number of hydrogen-bond donors (Lipinski definition) is 8. The Balaban J connectivity index is 4.77. The Bertz CT molecular complexity index is 609. The molecule has 0 aromatic carbocycles. The van der Waals surface area contributed by atoms with Crippen LogP contribution in [-0.2, 0) is 14.3 Å². The number of hydrogen-bond acceptors (Lipinski definition) is 9.